The fourth-order valence-electron chi connectivity index (χ4n) is 3.68. The number of carbonyl (C=O) groups is 1. The Morgan fingerprint density at radius 3 is 2.22 bits per heavy atom. The first-order chi connectivity index (χ1) is 17.9. The van der Waals surface area contributed by atoms with E-state index in [4.69, 9.17) is 14.2 Å². The molecular weight excluding hydrogens is 472 g/mol. The lowest BCUT2D eigenvalue weighted by atomic mass is 10.1. The molecule has 0 unspecified atom stereocenters. The zero-order valence-electron chi connectivity index (χ0n) is 21.4. The molecule has 0 atom stereocenters. The molecule has 0 saturated heterocycles. The first kappa shape index (κ1) is 26.9. The molecule has 1 aromatic heterocycles. The van der Waals surface area contributed by atoms with Crippen LogP contribution >= 0.6 is 0 Å². The minimum absolute atomic E-state index is 0.122. The molecule has 2 N–H and O–H groups in total. The molecule has 0 amide bonds. The Balaban J connectivity index is 0.00000186. The third-order valence-electron chi connectivity index (χ3n) is 5.40. The molecule has 0 saturated carbocycles. The lowest BCUT2D eigenvalue weighted by molar-refractivity contribution is 0.104. The number of rotatable bonds is 8. The number of phenols is 1. The fourth-order valence-corrected chi connectivity index (χ4v) is 3.68. The second-order valence-electron chi connectivity index (χ2n) is 7.60. The van der Waals surface area contributed by atoms with Crippen LogP contribution in [0, 0.1) is 0 Å². The molecule has 0 radical (unpaired) electrons. The summed E-state index contributed by atoms with van der Waals surface area (Å²) >= 11 is 0. The lowest BCUT2D eigenvalue weighted by Gasteiger charge is -2.13. The Bertz CT molecular complexity index is 1440. The monoisotopic (exact) mass is 502 g/mol. The van der Waals surface area contributed by atoms with Crippen LogP contribution in [-0.4, -0.2) is 41.8 Å². The summed E-state index contributed by atoms with van der Waals surface area (Å²) in [4.78, 5) is 28.3. The molecule has 0 aliphatic carbocycles. The number of H-pyrrole nitrogens is 1. The first-order valence-electron chi connectivity index (χ1n) is 11.7. The Kier molecular flexibility index (Phi) is 8.94. The van der Waals surface area contributed by atoms with Gasteiger partial charge < -0.3 is 24.3 Å². The molecule has 0 fully saturated rings. The van der Waals surface area contributed by atoms with Gasteiger partial charge >= 0.3 is 5.69 Å². The van der Waals surface area contributed by atoms with Gasteiger partial charge in [0, 0.05) is 17.3 Å². The van der Waals surface area contributed by atoms with Gasteiger partial charge in [0.15, 0.2) is 17.3 Å². The van der Waals surface area contributed by atoms with Crippen molar-refractivity contribution in [2.75, 3.05) is 21.3 Å². The number of aromatic amines is 1. The van der Waals surface area contributed by atoms with E-state index in [0.717, 1.165) is 0 Å². The molecule has 0 aliphatic heterocycles. The van der Waals surface area contributed by atoms with Crippen molar-refractivity contribution in [1.82, 2.24) is 9.55 Å². The van der Waals surface area contributed by atoms with Crippen molar-refractivity contribution in [1.29, 1.82) is 0 Å². The summed E-state index contributed by atoms with van der Waals surface area (Å²) in [5, 5.41) is 9.58. The van der Waals surface area contributed by atoms with E-state index in [9.17, 15) is 14.7 Å². The van der Waals surface area contributed by atoms with Crippen LogP contribution in [-0.2, 0) is 0 Å². The second kappa shape index (κ2) is 12.3. The van der Waals surface area contributed by atoms with E-state index < -0.39 is 0 Å². The van der Waals surface area contributed by atoms with Crippen LogP contribution in [0.2, 0.25) is 0 Å². The van der Waals surface area contributed by atoms with Crippen molar-refractivity contribution in [3.05, 3.63) is 94.5 Å². The number of phenolic OH excluding ortho intramolecular Hbond substituents is 1. The standard InChI is InChI=1S/C27H24N2O6.C2H6/c1-33-24-14-19(15-25(34-2)26(24)35-3)22-16-29(27(32)28-22)20-8-5-7-18(13-20)23(31)11-10-17-6-4-9-21(30)12-17;1-2/h4-16,30H,1-3H3,(H,28,32);1-2H3/b11-10+;. The SMILES string of the molecule is CC.COc1cc(-c2cn(-c3cccc(C(=O)/C=C/c4cccc(O)c4)c3)c(=O)[nH]2)cc(OC)c1OC. The maximum absolute atomic E-state index is 12.8. The van der Waals surface area contributed by atoms with Crippen LogP contribution in [0.25, 0.3) is 23.0 Å². The van der Waals surface area contributed by atoms with Crippen molar-refractivity contribution in [3.8, 4) is 39.9 Å². The first-order valence-corrected chi connectivity index (χ1v) is 11.7. The minimum atomic E-state index is -0.367. The van der Waals surface area contributed by atoms with Gasteiger partial charge in [0.25, 0.3) is 0 Å². The van der Waals surface area contributed by atoms with Gasteiger partial charge in [-0.25, -0.2) is 4.79 Å². The predicted octanol–water partition coefficient (Wildman–Crippen LogP) is 5.49. The van der Waals surface area contributed by atoms with E-state index in [1.165, 1.54) is 32.0 Å². The van der Waals surface area contributed by atoms with E-state index in [1.54, 1.807) is 72.9 Å². The Labute approximate surface area is 215 Å². The molecular formula is C29H30N2O6. The quantitative estimate of drug-likeness (QED) is 0.244. The van der Waals surface area contributed by atoms with Gasteiger partial charge in [0.05, 0.1) is 32.7 Å². The molecule has 4 rings (SSSR count). The molecule has 8 nitrogen and oxygen atoms in total. The average molecular weight is 503 g/mol. The molecule has 4 aromatic rings. The number of hydrogen-bond acceptors (Lipinski definition) is 6. The number of methoxy groups -OCH3 is 3. The zero-order valence-corrected chi connectivity index (χ0v) is 21.4. The smallest absolute Gasteiger partial charge is 0.330 e. The Morgan fingerprint density at radius 2 is 1.59 bits per heavy atom. The summed E-state index contributed by atoms with van der Waals surface area (Å²) in [5.41, 5.74) is 2.48. The summed E-state index contributed by atoms with van der Waals surface area (Å²) < 4.78 is 17.6. The topological polar surface area (TPSA) is 103 Å². The third-order valence-corrected chi connectivity index (χ3v) is 5.40. The number of imidazole rings is 1. The fraction of sp³-hybridized carbons (Fsp3) is 0.172. The van der Waals surface area contributed by atoms with Gasteiger partial charge in [0.1, 0.15) is 5.75 Å². The summed E-state index contributed by atoms with van der Waals surface area (Å²) in [6, 6.07) is 16.8. The minimum Gasteiger partial charge on any atom is -0.508 e. The van der Waals surface area contributed by atoms with Crippen LogP contribution in [0.5, 0.6) is 23.0 Å². The molecule has 0 aliphatic rings. The number of ether oxygens (including phenoxy) is 3. The van der Waals surface area contributed by atoms with E-state index in [-0.39, 0.29) is 17.2 Å². The molecule has 0 bridgehead atoms. The van der Waals surface area contributed by atoms with Gasteiger partial charge in [-0.15, -0.1) is 0 Å². The Hall–Kier alpha value is -4.72. The number of aromatic hydroxyl groups is 1. The zero-order chi connectivity index (χ0) is 26.9. The van der Waals surface area contributed by atoms with Gasteiger partial charge in [-0.05, 0) is 48.0 Å². The van der Waals surface area contributed by atoms with Crippen LogP contribution in [0.4, 0.5) is 0 Å². The van der Waals surface area contributed by atoms with Crippen molar-refractivity contribution in [2.24, 2.45) is 0 Å². The maximum atomic E-state index is 12.8. The number of nitrogens with zero attached hydrogens (tertiary/aromatic N) is 1. The Morgan fingerprint density at radius 1 is 0.919 bits per heavy atom. The van der Waals surface area contributed by atoms with E-state index in [2.05, 4.69) is 4.98 Å². The van der Waals surface area contributed by atoms with Crippen LogP contribution < -0.4 is 19.9 Å². The highest BCUT2D eigenvalue weighted by atomic mass is 16.5. The summed E-state index contributed by atoms with van der Waals surface area (Å²) in [5.74, 6) is 1.26. The summed E-state index contributed by atoms with van der Waals surface area (Å²) in [6.45, 7) is 4.00. The normalized spacial score (nSPS) is 10.5. The van der Waals surface area contributed by atoms with Crippen molar-refractivity contribution in [3.63, 3.8) is 0 Å². The second-order valence-corrected chi connectivity index (χ2v) is 7.60. The molecule has 0 spiro atoms. The van der Waals surface area contributed by atoms with Crippen molar-refractivity contribution < 1.29 is 24.1 Å². The summed E-state index contributed by atoms with van der Waals surface area (Å²) in [6.07, 6.45) is 4.70. The van der Waals surface area contributed by atoms with Gasteiger partial charge in [-0.3, -0.25) is 9.36 Å². The molecule has 37 heavy (non-hydrogen) atoms. The third kappa shape index (κ3) is 6.10. The van der Waals surface area contributed by atoms with E-state index >= 15 is 0 Å². The summed E-state index contributed by atoms with van der Waals surface area (Å²) in [7, 11) is 4.56. The lowest BCUT2D eigenvalue weighted by Crippen LogP contribution is -2.14. The van der Waals surface area contributed by atoms with Crippen molar-refractivity contribution in [2.45, 2.75) is 13.8 Å². The van der Waals surface area contributed by atoms with Gasteiger partial charge in [-0.1, -0.05) is 44.2 Å². The van der Waals surface area contributed by atoms with Crippen molar-refractivity contribution >= 4 is 11.9 Å². The molecule has 192 valence electrons. The number of aromatic nitrogens is 2. The number of ketones is 1. The average Bonchev–Trinajstić information content (AvgIpc) is 3.33. The highest BCUT2D eigenvalue weighted by Gasteiger charge is 2.16. The van der Waals surface area contributed by atoms with Gasteiger partial charge in [-0.2, -0.15) is 0 Å². The number of nitrogens with one attached hydrogen (secondary N) is 1. The maximum Gasteiger partial charge on any atom is 0.330 e. The van der Waals surface area contributed by atoms with Crippen LogP contribution in [0.15, 0.2) is 77.7 Å². The van der Waals surface area contributed by atoms with Crippen LogP contribution in [0.3, 0.4) is 0 Å². The number of carbonyl (C=O) groups excluding carboxylic acids is 1. The number of allylic oxidation sites excluding steroid dienone is 1. The highest BCUT2D eigenvalue weighted by Crippen LogP contribution is 2.40. The predicted molar refractivity (Wildman–Crippen MR) is 144 cm³/mol. The molecule has 8 heteroatoms. The number of benzene rings is 3. The molecule has 1 heterocycles. The largest absolute Gasteiger partial charge is 0.508 e. The number of hydrogen-bond donors (Lipinski definition) is 2. The van der Waals surface area contributed by atoms with Crippen LogP contribution in [0.1, 0.15) is 29.8 Å². The highest BCUT2D eigenvalue weighted by molar-refractivity contribution is 6.07. The molecule has 3 aromatic carbocycles. The van der Waals surface area contributed by atoms with Gasteiger partial charge in [0.2, 0.25) is 5.75 Å². The van der Waals surface area contributed by atoms with E-state index in [1.807, 2.05) is 13.8 Å². The van der Waals surface area contributed by atoms with E-state index in [0.29, 0.717) is 45.3 Å².